The summed E-state index contributed by atoms with van der Waals surface area (Å²) in [6, 6.07) is 0. The van der Waals surface area contributed by atoms with Crippen molar-refractivity contribution in [2.24, 2.45) is 23.7 Å². The number of rotatable bonds is 0. The highest BCUT2D eigenvalue weighted by Gasteiger charge is 2.54. The fourth-order valence-corrected chi connectivity index (χ4v) is 4.80. The molecule has 0 N–H and O–H groups in total. The van der Waals surface area contributed by atoms with Crippen LogP contribution in [0.4, 0.5) is 0 Å². The van der Waals surface area contributed by atoms with E-state index in [2.05, 4.69) is 0 Å². The molecule has 0 saturated heterocycles. The standard InChI is InChI=1S/C10H16S/c11-10-8-4-5-9(10)7-3-1-2-6(7)8/h6-11H,1-5H2. The lowest BCUT2D eigenvalue weighted by Gasteiger charge is -2.23. The summed E-state index contributed by atoms with van der Waals surface area (Å²) in [4.78, 5) is 0. The van der Waals surface area contributed by atoms with Crippen molar-refractivity contribution in [2.75, 3.05) is 0 Å². The molecule has 3 fully saturated rings. The Morgan fingerprint density at radius 2 is 1.27 bits per heavy atom. The minimum atomic E-state index is 0.797. The molecule has 0 nitrogen and oxygen atoms in total. The first-order valence-electron chi connectivity index (χ1n) is 5.06. The van der Waals surface area contributed by atoms with Gasteiger partial charge in [-0.25, -0.2) is 0 Å². The second-order valence-corrected chi connectivity index (χ2v) is 5.25. The maximum Gasteiger partial charge on any atom is 0.00788 e. The predicted octanol–water partition coefficient (Wildman–Crippen LogP) is 2.74. The number of fused-ring (bicyclic) bond motifs is 5. The van der Waals surface area contributed by atoms with E-state index in [1.165, 1.54) is 32.1 Å². The van der Waals surface area contributed by atoms with E-state index < -0.39 is 0 Å². The van der Waals surface area contributed by atoms with Gasteiger partial charge in [0.15, 0.2) is 0 Å². The minimum absolute atomic E-state index is 0.797. The van der Waals surface area contributed by atoms with Crippen molar-refractivity contribution in [2.45, 2.75) is 37.4 Å². The summed E-state index contributed by atoms with van der Waals surface area (Å²) in [5.41, 5.74) is 0. The summed E-state index contributed by atoms with van der Waals surface area (Å²) < 4.78 is 0. The topological polar surface area (TPSA) is 0 Å². The molecule has 0 radical (unpaired) electrons. The molecule has 2 bridgehead atoms. The van der Waals surface area contributed by atoms with Crippen LogP contribution in [0.5, 0.6) is 0 Å². The van der Waals surface area contributed by atoms with Gasteiger partial charge in [0.05, 0.1) is 0 Å². The van der Waals surface area contributed by atoms with Crippen LogP contribution < -0.4 is 0 Å². The molecule has 3 saturated carbocycles. The Balaban J connectivity index is 1.94. The van der Waals surface area contributed by atoms with E-state index in [1.807, 2.05) is 0 Å². The Morgan fingerprint density at radius 3 is 1.82 bits per heavy atom. The highest BCUT2D eigenvalue weighted by Crippen LogP contribution is 2.60. The lowest BCUT2D eigenvalue weighted by atomic mass is 9.82. The first kappa shape index (κ1) is 6.82. The zero-order valence-electron chi connectivity index (χ0n) is 6.87. The fraction of sp³-hybridized carbons (Fsp3) is 1.00. The quantitative estimate of drug-likeness (QED) is 0.528. The Labute approximate surface area is 74.2 Å². The molecule has 4 atom stereocenters. The van der Waals surface area contributed by atoms with E-state index in [4.69, 9.17) is 12.6 Å². The van der Waals surface area contributed by atoms with Crippen LogP contribution in [0.3, 0.4) is 0 Å². The smallest absolute Gasteiger partial charge is 0.00788 e. The van der Waals surface area contributed by atoms with E-state index in [1.54, 1.807) is 0 Å². The summed E-state index contributed by atoms with van der Waals surface area (Å²) in [7, 11) is 0. The summed E-state index contributed by atoms with van der Waals surface area (Å²) in [5.74, 6) is 4.26. The zero-order valence-corrected chi connectivity index (χ0v) is 7.76. The van der Waals surface area contributed by atoms with Gasteiger partial charge in [-0.2, -0.15) is 12.6 Å². The SMILES string of the molecule is SC1C2CCC1C1CCCC21. The van der Waals surface area contributed by atoms with Crippen LogP contribution >= 0.6 is 12.6 Å². The van der Waals surface area contributed by atoms with Gasteiger partial charge >= 0.3 is 0 Å². The van der Waals surface area contributed by atoms with Crippen molar-refractivity contribution in [3.05, 3.63) is 0 Å². The number of thiol groups is 1. The highest BCUT2D eigenvalue weighted by atomic mass is 32.1. The molecule has 1 heteroatoms. The summed E-state index contributed by atoms with van der Waals surface area (Å²) in [6.45, 7) is 0. The van der Waals surface area contributed by atoms with E-state index >= 15 is 0 Å². The van der Waals surface area contributed by atoms with Crippen LogP contribution in [0.1, 0.15) is 32.1 Å². The normalized spacial score (nSPS) is 60.3. The van der Waals surface area contributed by atoms with E-state index in [0.29, 0.717) is 0 Å². The Hall–Kier alpha value is 0.350. The van der Waals surface area contributed by atoms with Gasteiger partial charge in [0, 0.05) is 5.25 Å². The van der Waals surface area contributed by atoms with E-state index in [-0.39, 0.29) is 0 Å². The fourth-order valence-electron chi connectivity index (χ4n) is 4.06. The Bertz CT molecular complexity index is 150. The molecular weight excluding hydrogens is 152 g/mol. The third kappa shape index (κ3) is 0.734. The van der Waals surface area contributed by atoms with Crippen molar-refractivity contribution < 1.29 is 0 Å². The summed E-state index contributed by atoms with van der Waals surface area (Å²) in [6.07, 6.45) is 7.58. The van der Waals surface area contributed by atoms with Crippen molar-refractivity contribution in [3.8, 4) is 0 Å². The third-order valence-corrected chi connectivity index (χ3v) is 5.20. The van der Waals surface area contributed by atoms with Crippen LogP contribution in [0.15, 0.2) is 0 Å². The molecular formula is C10H16S. The van der Waals surface area contributed by atoms with Crippen molar-refractivity contribution in [1.29, 1.82) is 0 Å². The first-order chi connectivity index (χ1) is 5.38. The van der Waals surface area contributed by atoms with Crippen LogP contribution in [0.2, 0.25) is 0 Å². The lowest BCUT2D eigenvalue weighted by molar-refractivity contribution is 0.259. The molecule has 0 aliphatic heterocycles. The average Bonchev–Trinajstić information content (AvgIpc) is 2.61. The maximum absolute atomic E-state index is 4.75. The molecule has 3 aliphatic rings. The Morgan fingerprint density at radius 1 is 0.727 bits per heavy atom. The zero-order chi connectivity index (χ0) is 7.42. The number of hydrogen-bond donors (Lipinski definition) is 1. The lowest BCUT2D eigenvalue weighted by Crippen LogP contribution is -2.15. The highest BCUT2D eigenvalue weighted by molar-refractivity contribution is 7.81. The van der Waals surface area contributed by atoms with Gasteiger partial charge in [-0.3, -0.25) is 0 Å². The molecule has 3 aliphatic carbocycles. The molecule has 0 aromatic heterocycles. The molecule has 3 rings (SSSR count). The predicted molar refractivity (Wildman–Crippen MR) is 49.8 cm³/mol. The van der Waals surface area contributed by atoms with Gasteiger partial charge in [-0.15, -0.1) is 0 Å². The van der Waals surface area contributed by atoms with Crippen LogP contribution in [0, 0.1) is 23.7 Å². The van der Waals surface area contributed by atoms with Crippen molar-refractivity contribution >= 4 is 12.6 Å². The second kappa shape index (κ2) is 2.18. The number of hydrogen-bond acceptors (Lipinski definition) is 1. The molecule has 11 heavy (non-hydrogen) atoms. The van der Waals surface area contributed by atoms with Gasteiger partial charge < -0.3 is 0 Å². The largest absolute Gasteiger partial charge is 0.175 e. The van der Waals surface area contributed by atoms with Crippen molar-refractivity contribution in [3.63, 3.8) is 0 Å². The van der Waals surface area contributed by atoms with Gasteiger partial charge in [0.1, 0.15) is 0 Å². The van der Waals surface area contributed by atoms with Gasteiger partial charge in [-0.05, 0) is 49.4 Å². The first-order valence-corrected chi connectivity index (χ1v) is 5.57. The maximum atomic E-state index is 4.75. The van der Waals surface area contributed by atoms with Gasteiger partial charge in [0.2, 0.25) is 0 Å². The van der Waals surface area contributed by atoms with Crippen molar-refractivity contribution in [1.82, 2.24) is 0 Å². The monoisotopic (exact) mass is 168 g/mol. The van der Waals surface area contributed by atoms with E-state index in [9.17, 15) is 0 Å². The van der Waals surface area contributed by atoms with Gasteiger partial charge in [-0.1, -0.05) is 6.42 Å². The van der Waals surface area contributed by atoms with Crippen LogP contribution in [-0.2, 0) is 0 Å². The Kier molecular flexibility index (Phi) is 1.36. The van der Waals surface area contributed by atoms with E-state index in [0.717, 1.165) is 28.9 Å². The summed E-state index contributed by atoms with van der Waals surface area (Å²) in [5, 5.41) is 0.797. The second-order valence-electron chi connectivity index (χ2n) is 4.65. The summed E-state index contributed by atoms with van der Waals surface area (Å²) >= 11 is 4.75. The molecule has 0 aromatic rings. The molecule has 0 heterocycles. The average molecular weight is 168 g/mol. The molecule has 4 unspecified atom stereocenters. The molecule has 0 spiro atoms. The molecule has 62 valence electrons. The van der Waals surface area contributed by atoms with Crippen LogP contribution in [-0.4, -0.2) is 5.25 Å². The molecule has 0 amide bonds. The van der Waals surface area contributed by atoms with Gasteiger partial charge in [0.25, 0.3) is 0 Å². The van der Waals surface area contributed by atoms with Crippen LogP contribution in [0.25, 0.3) is 0 Å². The third-order valence-electron chi connectivity index (χ3n) is 4.44. The minimum Gasteiger partial charge on any atom is -0.175 e. The molecule has 0 aromatic carbocycles.